The van der Waals surface area contributed by atoms with E-state index in [1.54, 1.807) is 30.3 Å². The van der Waals surface area contributed by atoms with Crippen LogP contribution in [0.25, 0.3) is 0 Å². The molecule has 0 bridgehead atoms. The number of hydrogen-bond donors (Lipinski definition) is 1. The smallest absolute Gasteiger partial charge is 0.412 e. The molecule has 1 atom stereocenters. The van der Waals surface area contributed by atoms with E-state index in [0.717, 1.165) is 4.90 Å². The molecule has 1 aliphatic carbocycles. The molecule has 92 valence electrons. The fraction of sp³-hybridized carbons (Fsp3) is 0.417. The number of hydrogen-bond acceptors (Lipinski definition) is 1. The van der Waals surface area contributed by atoms with Gasteiger partial charge in [-0.1, -0.05) is 18.2 Å². The van der Waals surface area contributed by atoms with Gasteiger partial charge >= 0.3 is 6.09 Å². The summed E-state index contributed by atoms with van der Waals surface area (Å²) >= 11 is 0. The number of carboxylic acid groups (broad SMARTS) is 1. The monoisotopic (exact) mass is 241 g/mol. The van der Waals surface area contributed by atoms with Crippen molar-refractivity contribution < 1.29 is 18.7 Å². The largest absolute Gasteiger partial charge is 0.465 e. The Balaban J connectivity index is 2.23. The summed E-state index contributed by atoms with van der Waals surface area (Å²) in [4.78, 5) is 12.2. The molecule has 0 radical (unpaired) electrons. The maximum atomic E-state index is 13.1. The first kappa shape index (κ1) is 11.8. The van der Waals surface area contributed by atoms with E-state index in [4.69, 9.17) is 5.11 Å². The predicted molar refractivity (Wildman–Crippen MR) is 59.5 cm³/mol. The molecule has 0 aliphatic heterocycles. The zero-order chi connectivity index (χ0) is 12.5. The van der Waals surface area contributed by atoms with Gasteiger partial charge in [0.05, 0.1) is 0 Å². The molecule has 0 unspecified atom stereocenters. The number of para-hydroxylation sites is 1. The van der Waals surface area contributed by atoms with E-state index in [9.17, 15) is 13.6 Å². The first-order chi connectivity index (χ1) is 7.99. The number of amides is 1. The topological polar surface area (TPSA) is 40.5 Å². The number of nitrogens with zero attached hydrogens (tertiary/aromatic N) is 1. The third-order valence-electron chi connectivity index (χ3n) is 2.98. The Labute approximate surface area is 97.7 Å². The van der Waals surface area contributed by atoms with Crippen LogP contribution in [0.1, 0.15) is 19.3 Å². The molecule has 1 N–H and O–H groups in total. The van der Waals surface area contributed by atoms with E-state index in [-0.39, 0.29) is 12.8 Å². The summed E-state index contributed by atoms with van der Waals surface area (Å²) in [7, 11) is 0. The van der Waals surface area contributed by atoms with Crippen molar-refractivity contribution in [2.75, 3.05) is 4.90 Å². The molecule has 1 aromatic carbocycles. The molecule has 0 aromatic heterocycles. The summed E-state index contributed by atoms with van der Waals surface area (Å²) in [6.45, 7) is 0. The van der Waals surface area contributed by atoms with Gasteiger partial charge in [0.15, 0.2) is 0 Å². The average Bonchev–Trinajstić information content (AvgIpc) is 2.60. The van der Waals surface area contributed by atoms with Crippen LogP contribution in [0.2, 0.25) is 0 Å². The van der Waals surface area contributed by atoms with Crippen LogP contribution in [0.5, 0.6) is 0 Å². The minimum atomic E-state index is -2.74. The number of rotatable bonds is 2. The molecule has 5 heteroatoms. The van der Waals surface area contributed by atoms with Crippen molar-refractivity contribution in [3.05, 3.63) is 30.3 Å². The van der Waals surface area contributed by atoms with Crippen molar-refractivity contribution in [2.45, 2.75) is 31.2 Å². The van der Waals surface area contributed by atoms with E-state index >= 15 is 0 Å². The summed E-state index contributed by atoms with van der Waals surface area (Å²) in [5.41, 5.74) is 0.447. The number of benzene rings is 1. The van der Waals surface area contributed by atoms with E-state index in [0.29, 0.717) is 5.69 Å². The van der Waals surface area contributed by atoms with Crippen molar-refractivity contribution in [3.63, 3.8) is 0 Å². The summed E-state index contributed by atoms with van der Waals surface area (Å²) in [6, 6.07) is 7.74. The average molecular weight is 241 g/mol. The van der Waals surface area contributed by atoms with Crippen LogP contribution < -0.4 is 4.90 Å². The molecule has 17 heavy (non-hydrogen) atoms. The van der Waals surface area contributed by atoms with Gasteiger partial charge in [-0.3, -0.25) is 4.90 Å². The minimum Gasteiger partial charge on any atom is -0.465 e. The summed E-state index contributed by atoms with van der Waals surface area (Å²) in [6.07, 6.45) is -1.62. The van der Waals surface area contributed by atoms with E-state index in [1.165, 1.54) is 0 Å². The Bertz CT molecular complexity index is 408. The third kappa shape index (κ3) is 2.54. The molecule has 1 saturated carbocycles. The normalized spacial score (nSPS) is 22.4. The van der Waals surface area contributed by atoms with Crippen molar-refractivity contribution in [2.24, 2.45) is 0 Å². The molecular weight excluding hydrogens is 228 g/mol. The van der Waals surface area contributed by atoms with Crippen LogP contribution in [-0.2, 0) is 0 Å². The number of carbonyl (C=O) groups is 1. The molecule has 1 amide bonds. The van der Waals surface area contributed by atoms with Crippen LogP contribution in [-0.4, -0.2) is 23.2 Å². The van der Waals surface area contributed by atoms with Crippen molar-refractivity contribution in [1.82, 2.24) is 0 Å². The maximum absolute atomic E-state index is 13.1. The highest BCUT2D eigenvalue weighted by Gasteiger charge is 2.43. The van der Waals surface area contributed by atoms with Gasteiger partial charge in [0.25, 0.3) is 0 Å². The summed E-state index contributed by atoms with van der Waals surface area (Å²) in [5.74, 6) is -2.74. The summed E-state index contributed by atoms with van der Waals surface area (Å²) < 4.78 is 26.2. The molecule has 2 rings (SSSR count). The molecule has 0 saturated heterocycles. The quantitative estimate of drug-likeness (QED) is 0.862. The summed E-state index contributed by atoms with van der Waals surface area (Å²) in [5, 5.41) is 9.14. The second kappa shape index (κ2) is 4.31. The third-order valence-corrected chi connectivity index (χ3v) is 2.98. The lowest BCUT2D eigenvalue weighted by atomic mass is 10.2. The molecule has 0 heterocycles. The molecule has 1 aromatic rings. The van der Waals surface area contributed by atoms with E-state index < -0.39 is 24.5 Å². The lowest BCUT2D eigenvalue weighted by Crippen LogP contribution is -2.38. The van der Waals surface area contributed by atoms with Crippen molar-refractivity contribution in [3.8, 4) is 0 Å². The molecule has 1 fully saturated rings. The van der Waals surface area contributed by atoms with E-state index in [2.05, 4.69) is 0 Å². The zero-order valence-corrected chi connectivity index (χ0v) is 9.14. The van der Waals surface area contributed by atoms with Crippen molar-refractivity contribution >= 4 is 11.8 Å². The van der Waals surface area contributed by atoms with Gasteiger partial charge in [0, 0.05) is 24.6 Å². The lowest BCUT2D eigenvalue weighted by molar-refractivity contribution is 0.00789. The predicted octanol–water partition coefficient (Wildman–Crippen LogP) is 3.36. The Kier molecular flexibility index (Phi) is 3.00. The first-order valence-electron chi connectivity index (χ1n) is 5.45. The maximum Gasteiger partial charge on any atom is 0.412 e. The van der Waals surface area contributed by atoms with Gasteiger partial charge in [0.1, 0.15) is 0 Å². The Hall–Kier alpha value is -1.65. The highest BCUT2D eigenvalue weighted by Crippen LogP contribution is 2.38. The molecule has 3 nitrogen and oxygen atoms in total. The standard InChI is InChI=1S/C12H13F2NO2/c13-12(14)7-6-10(8-12)15(11(16)17)9-4-2-1-3-5-9/h1-5,10H,6-8H2,(H,16,17)/t10-/m1/s1. The fourth-order valence-electron chi connectivity index (χ4n) is 2.21. The second-order valence-electron chi connectivity index (χ2n) is 4.24. The van der Waals surface area contributed by atoms with Crippen LogP contribution in [0, 0.1) is 0 Å². The van der Waals surface area contributed by atoms with Crippen LogP contribution in [0.3, 0.4) is 0 Å². The highest BCUT2D eigenvalue weighted by molar-refractivity contribution is 5.86. The van der Waals surface area contributed by atoms with Gasteiger partial charge in [-0.25, -0.2) is 13.6 Å². The Morgan fingerprint density at radius 1 is 1.35 bits per heavy atom. The Morgan fingerprint density at radius 3 is 2.47 bits per heavy atom. The van der Waals surface area contributed by atoms with Gasteiger partial charge in [-0.2, -0.15) is 0 Å². The van der Waals surface area contributed by atoms with Crippen LogP contribution in [0.4, 0.5) is 19.3 Å². The molecule has 1 aliphatic rings. The zero-order valence-electron chi connectivity index (χ0n) is 9.14. The van der Waals surface area contributed by atoms with Gasteiger partial charge in [0.2, 0.25) is 5.92 Å². The number of anilines is 1. The second-order valence-corrected chi connectivity index (χ2v) is 4.24. The van der Waals surface area contributed by atoms with Crippen molar-refractivity contribution in [1.29, 1.82) is 0 Å². The fourth-order valence-corrected chi connectivity index (χ4v) is 2.21. The van der Waals surface area contributed by atoms with Gasteiger partial charge < -0.3 is 5.11 Å². The molecule has 0 spiro atoms. The van der Waals surface area contributed by atoms with Crippen LogP contribution in [0.15, 0.2) is 30.3 Å². The van der Waals surface area contributed by atoms with Crippen LogP contribution >= 0.6 is 0 Å². The van der Waals surface area contributed by atoms with Gasteiger partial charge in [-0.05, 0) is 18.6 Å². The lowest BCUT2D eigenvalue weighted by Gasteiger charge is -2.26. The number of halogens is 2. The highest BCUT2D eigenvalue weighted by atomic mass is 19.3. The Morgan fingerprint density at radius 2 is 2.00 bits per heavy atom. The minimum absolute atomic E-state index is 0.203. The number of alkyl halides is 2. The molecular formula is C12H13F2NO2. The first-order valence-corrected chi connectivity index (χ1v) is 5.45. The van der Waals surface area contributed by atoms with E-state index in [1.807, 2.05) is 0 Å². The van der Waals surface area contributed by atoms with Gasteiger partial charge in [-0.15, -0.1) is 0 Å². The SMILES string of the molecule is O=C(O)N(c1ccccc1)[C@@H]1CCC(F)(F)C1.